The topological polar surface area (TPSA) is 29.9 Å². The highest BCUT2D eigenvalue weighted by Gasteiger charge is 2.15. The van der Waals surface area contributed by atoms with Crippen molar-refractivity contribution < 1.29 is 0 Å². The zero-order chi connectivity index (χ0) is 12.1. The second kappa shape index (κ2) is 6.40. The van der Waals surface area contributed by atoms with Crippen LogP contribution in [0.2, 0.25) is 0 Å². The third-order valence-electron chi connectivity index (χ3n) is 2.93. The SMILES string of the molecule is CCNC(CC)Cc1c(Br)c(CC)nn1C. The molecule has 16 heavy (non-hydrogen) atoms. The van der Waals surface area contributed by atoms with Crippen molar-refractivity contribution in [1.29, 1.82) is 0 Å². The van der Waals surface area contributed by atoms with Crippen LogP contribution in [-0.2, 0) is 19.9 Å². The van der Waals surface area contributed by atoms with Crippen LogP contribution in [0.5, 0.6) is 0 Å². The minimum Gasteiger partial charge on any atom is -0.314 e. The van der Waals surface area contributed by atoms with E-state index in [1.807, 2.05) is 11.7 Å². The molecule has 1 rings (SSSR count). The fourth-order valence-corrected chi connectivity index (χ4v) is 2.70. The molecule has 0 fully saturated rings. The molecular formula is C12H22BrN3. The van der Waals surface area contributed by atoms with Gasteiger partial charge in [-0.2, -0.15) is 5.10 Å². The molecule has 92 valence electrons. The molecule has 0 radical (unpaired) electrons. The van der Waals surface area contributed by atoms with E-state index in [9.17, 15) is 0 Å². The summed E-state index contributed by atoms with van der Waals surface area (Å²) in [6.45, 7) is 7.53. The highest BCUT2D eigenvalue weighted by atomic mass is 79.9. The fraction of sp³-hybridized carbons (Fsp3) is 0.750. The zero-order valence-electron chi connectivity index (χ0n) is 10.7. The molecule has 0 aliphatic carbocycles. The molecule has 4 heteroatoms. The van der Waals surface area contributed by atoms with Crippen LogP contribution in [0.1, 0.15) is 38.6 Å². The first-order valence-corrected chi connectivity index (χ1v) is 6.86. The minimum atomic E-state index is 0.543. The predicted octanol–water partition coefficient (Wildman–Crippen LogP) is 2.68. The molecule has 1 aromatic heterocycles. The summed E-state index contributed by atoms with van der Waals surface area (Å²) in [5.74, 6) is 0. The van der Waals surface area contributed by atoms with Crippen LogP contribution in [0.15, 0.2) is 4.47 Å². The molecule has 1 heterocycles. The standard InChI is InChI=1S/C12H22BrN3/c1-5-9(14-7-3)8-11-12(13)10(6-2)15-16(11)4/h9,14H,5-8H2,1-4H3. The smallest absolute Gasteiger partial charge is 0.0766 e. The lowest BCUT2D eigenvalue weighted by atomic mass is 10.1. The van der Waals surface area contributed by atoms with Crippen molar-refractivity contribution in [1.82, 2.24) is 15.1 Å². The minimum absolute atomic E-state index is 0.543. The van der Waals surface area contributed by atoms with Crippen molar-refractivity contribution in [2.75, 3.05) is 6.54 Å². The van der Waals surface area contributed by atoms with Crippen molar-refractivity contribution >= 4 is 15.9 Å². The molecule has 0 aromatic carbocycles. The van der Waals surface area contributed by atoms with Crippen molar-refractivity contribution in [3.63, 3.8) is 0 Å². The van der Waals surface area contributed by atoms with E-state index >= 15 is 0 Å². The Morgan fingerprint density at radius 3 is 2.50 bits per heavy atom. The van der Waals surface area contributed by atoms with Gasteiger partial charge in [0.25, 0.3) is 0 Å². The average Bonchev–Trinajstić information content (AvgIpc) is 2.55. The Kier molecular flexibility index (Phi) is 5.49. The maximum Gasteiger partial charge on any atom is 0.0766 e. The molecule has 0 saturated carbocycles. The second-order valence-corrected chi connectivity index (χ2v) is 4.84. The van der Waals surface area contributed by atoms with Crippen LogP contribution in [-0.4, -0.2) is 22.4 Å². The quantitative estimate of drug-likeness (QED) is 0.872. The van der Waals surface area contributed by atoms with Gasteiger partial charge in [-0.3, -0.25) is 4.68 Å². The summed E-state index contributed by atoms with van der Waals surface area (Å²) in [4.78, 5) is 0. The largest absolute Gasteiger partial charge is 0.314 e. The molecule has 1 unspecified atom stereocenters. The van der Waals surface area contributed by atoms with Crippen LogP contribution < -0.4 is 5.32 Å². The van der Waals surface area contributed by atoms with E-state index < -0.39 is 0 Å². The number of aromatic nitrogens is 2. The van der Waals surface area contributed by atoms with E-state index in [-0.39, 0.29) is 0 Å². The summed E-state index contributed by atoms with van der Waals surface area (Å²) in [6.07, 6.45) is 3.16. The highest BCUT2D eigenvalue weighted by molar-refractivity contribution is 9.10. The van der Waals surface area contributed by atoms with E-state index in [0.29, 0.717) is 6.04 Å². The summed E-state index contributed by atoms with van der Waals surface area (Å²) in [5.41, 5.74) is 2.45. The van der Waals surface area contributed by atoms with Crippen LogP contribution >= 0.6 is 15.9 Å². The molecule has 0 saturated heterocycles. The normalized spacial score (nSPS) is 13.1. The average molecular weight is 288 g/mol. The summed E-state index contributed by atoms with van der Waals surface area (Å²) >= 11 is 3.66. The predicted molar refractivity (Wildman–Crippen MR) is 71.7 cm³/mol. The Hall–Kier alpha value is -0.350. The van der Waals surface area contributed by atoms with E-state index in [1.165, 1.54) is 10.2 Å². The van der Waals surface area contributed by atoms with Gasteiger partial charge in [-0.25, -0.2) is 0 Å². The van der Waals surface area contributed by atoms with Gasteiger partial charge in [0, 0.05) is 19.5 Å². The van der Waals surface area contributed by atoms with Crippen LogP contribution in [0.3, 0.4) is 0 Å². The first-order chi connectivity index (χ1) is 7.63. The van der Waals surface area contributed by atoms with Gasteiger partial charge in [0.1, 0.15) is 0 Å². The molecule has 1 atom stereocenters. The third kappa shape index (κ3) is 3.08. The Balaban J connectivity index is 2.82. The van der Waals surface area contributed by atoms with Gasteiger partial charge in [-0.1, -0.05) is 20.8 Å². The van der Waals surface area contributed by atoms with E-state index in [1.54, 1.807) is 0 Å². The molecule has 0 amide bonds. The maximum atomic E-state index is 4.52. The lowest BCUT2D eigenvalue weighted by Gasteiger charge is -2.16. The fourth-order valence-electron chi connectivity index (χ4n) is 1.92. The van der Waals surface area contributed by atoms with Gasteiger partial charge < -0.3 is 5.32 Å². The first kappa shape index (κ1) is 13.7. The lowest BCUT2D eigenvalue weighted by Crippen LogP contribution is -2.31. The van der Waals surface area contributed by atoms with Crippen LogP contribution in [0.4, 0.5) is 0 Å². The van der Waals surface area contributed by atoms with Gasteiger partial charge in [0.2, 0.25) is 0 Å². The zero-order valence-corrected chi connectivity index (χ0v) is 12.3. The number of nitrogens with zero attached hydrogens (tertiary/aromatic N) is 2. The van der Waals surface area contributed by atoms with E-state index in [4.69, 9.17) is 0 Å². The Morgan fingerprint density at radius 1 is 1.38 bits per heavy atom. The molecule has 1 aromatic rings. The monoisotopic (exact) mass is 287 g/mol. The molecule has 0 aliphatic heterocycles. The number of hydrogen-bond acceptors (Lipinski definition) is 2. The van der Waals surface area contributed by atoms with Gasteiger partial charge >= 0.3 is 0 Å². The Labute approximate surface area is 107 Å². The van der Waals surface area contributed by atoms with E-state index in [0.717, 1.165) is 31.5 Å². The molecule has 0 spiro atoms. The van der Waals surface area contributed by atoms with Gasteiger partial charge in [-0.05, 0) is 35.3 Å². The van der Waals surface area contributed by atoms with Crippen molar-refractivity contribution in [3.8, 4) is 0 Å². The molecule has 1 N–H and O–H groups in total. The van der Waals surface area contributed by atoms with Crippen molar-refractivity contribution in [3.05, 3.63) is 15.9 Å². The second-order valence-electron chi connectivity index (χ2n) is 4.05. The van der Waals surface area contributed by atoms with E-state index in [2.05, 4.69) is 47.1 Å². The van der Waals surface area contributed by atoms with Gasteiger partial charge in [0.15, 0.2) is 0 Å². The highest BCUT2D eigenvalue weighted by Crippen LogP contribution is 2.23. The molecular weight excluding hydrogens is 266 g/mol. The Morgan fingerprint density at radius 2 is 2.06 bits per heavy atom. The number of rotatable bonds is 6. The first-order valence-electron chi connectivity index (χ1n) is 6.07. The number of halogens is 1. The third-order valence-corrected chi connectivity index (χ3v) is 3.84. The maximum absolute atomic E-state index is 4.52. The molecule has 0 aliphatic rings. The van der Waals surface area contributed by atoms with Crippen LogP contribution in [0, 0.1) is 0 Å². The summed E-state index contributed by atoms with van der Waals surface area (Å²) in [5, 5.41) is 8.02. The summed E-state index contributed by atoms with van der Waals surface area (Å²) in [7, 11) is 2.03. The lowest BCUT2D eigenvalue weighted by molar-refractivity contribution is 0.494. The van der Waals surface area contributed by atoms with Crippen molar-refractivity contribution in [2.24, 2.45) is 7.05 Å². The molecule has 0 bridgehead atoms. The summed E-state index contributed by atoms with van der Waals surface area (Å²) < 4.78 is 3.19. The van der Waals surface area contributed by atoms with Gasteiger partial charge in [-0.15, -0.1) is 0 Å². The van der Waals surface area contributed by atoms with Crippen molar-refractivity contribution in [2.45, 2.75) is 46.1 Å². The molecule has 3 nitrogen and oxygen atoms in total. The summed E-state index contributed by atoms with van der Waals surface area (Å²) in [6, 6.07) is 0.543. The Bertz CT molecular complexity index is 333. The number of nitrogens with one attached hydrogen (secondary N) is 1. The number of likely N-dealkylation sites (N-methyl/N-ethyl adjacent to an activating group) is 1. The number of aryl methyl sites for hydroxylation is 2. The number of hydrogen-bond donors (Lipinski definition) is 1. The van der Waals surface area contributed by atoms with Gasteiger partial charge in [0.05, 0.1) is 15.9 Å². The van der Waals surface area contributed by atoms with Crippen LogP contribution in [0.25, 0.3) is 0 Å².